The summed E-state index contributed by atoms with van der Waals surface area (Å²) in [5, 5.41) is 17.1. The van der Waals surface area contributed by atoms with Crippen molar-refractivity contribution in [2.24, 2.45) is 7.05 Å². The van der Waals surface area contributed by atoms with Crippen LogP contribution in [0.5, 0.6) is 5.75 Å². The van der Waals surface area contributed by atoms with E-state index in [1.165, 1.54) is 0 Å². The van der Waals surface area contributed by atoms with Crippen molar-refractivity contribution in [1.29, 1.82) is 0 Å². The maximum absolute atomic E-state index is 9.87. The molecule has 0 bridgehead atoms. The first-order valence-corrected chi connectivity index (χ1v) is 6.70. The Labute approximate surface area is 119 Å². The van der Waals surface area contributed by atoms with E-state index in [2.05, 4.69) is 10.4 Å². The molecule has 1 aromatic carbocycles. The van der Waals surface area contributed by atoms with Gasteiger partial charge in [-0.05, 0) is 30.7 Å². The molecule has 0 radical (unpaired) electrons. The fourth-order valence-corrected chi connectivity index (χ4v) is 1.90. The number of benzene rings is 1. The molecule has 0 aliphatic heterocycles. The number of aryl methyl sites for hydroxylation is 2. The van der Waals surface area contributed by atoms with Gasteiger partial charge in [-0.15, -0.1) is 0 Å². The zero-order valence-electron chi connectivity index (χ0n) is 11.9. The summed E-state index contributed by atoms with van der Waals surface area (Å²) >= 11 is 0. The summed E-state index contributed by atoms with van der Waals surface area (Å²) in [5.41, 5.74) is 2.23. The zero-order chi connectivity index (χ0) is 14.4. The number of nitrogens with one attached hydrogen (secondary N) is 1. The zero-order valence-corrected chi connectivity index (χ0v) is 11.9. The fourth-order valence-electron chi connectivity index (χ4n) is 1.90. The summed E-state index contributed by atoms with van der Waals surface area (Å²) in [6.45, 7) is 3.45. The van der Waals surface area contributed by atoms with Crippen molar-refractivity contribution in [3.05, 3.63) is 47.8 Å². The summed E-state index contributed by atoms with van der Waals surface area (Å²) < 4.78 is 7.36. The molecule has 5 heteroatoms. The van der Waals surface area contributed by atoms with Crippen LogP contribution in [0.25, 0.3) is 0 Å². The highest BCUT2D eigenvalue weighted by Gasteiger charge is 2.06. The SMILES string of the molecule is Cc1cccc(OCC(O)CNCc2ccnn2C)c1. The molecule has 0 saturated heterocycles. The molecule has 20 heavy (non-hydrogen) atoms. The topological polar surface area (TPSA) is 59.3 Å². The number of ether oxygens (including phenoxy) is 1. The Morgan fingerprint density at radius 2 is 2.25 bits per heavy atom. The molecule has 5 nitrogen and oxygen atoms in total. The lowest BCUT2D eigenvalue weighted by Crippen LogP contribution is -2.31. The molecule has 0 aliphatic carbocycles. The van der Waals surface area contributed by atoms with Crippen molar-refractivity contribution >= 4 is 0 Å². The van der Waals surface area contributed by atoms with Crippen LogP contribution in [0.2, 0.25) is 0 Å². The van der Waals surface area contributed by atoms with Gasteiger partial charge < -0.3 is 15.2 Å². The first-order chi connectivity index (χ1) is 9.65. The van der Waals surface area contributed by atoms with Gasteiger partial charge in [0, 0.05) is 26.3 Å². The van der Waals surface area contributed by atoms with Gasteiger partial charge in [0.2, 0.25) is 0 Å². The van der Waals surface area contributed by atoms with E-state index in [1.807, 2.05) is 49.0 Å². The van der Waals surface area contributed by atoms with Crippen molar-refractivity contribution in [3.63, 3.8) is 0 Å². The standard InChI is InChI=1S/C15H21N3O2/c1-12-4-3-5-15(8-12)20-11-14(19)10-16-9-13-6-7-17-18(13)2/h3-8,14,16,19H,9-11H2,1-2H3. The van der Waals surface area contributed by atoms with Gasteiger partial charge in [-0.3, -0.25) is 4.68 Å². The highest BCUT2D eigenvalue weighted by atomic mass is 16.5. The molecule has 2 rings (SSSR count). The number of hydrogen-bond donors (Lipinski definition) is 2. The summed E-state index contributed by atoms with van der Waals surface area (Å²) in [6, 6.07) is 9.75. The Hall–Kier alpha value is -1.85. The Morgan fingerprint density at radius 1 is 1.40 bits per heavy atom. The van der Waals surface area contributed by atoms with E-state index in [0.29, 0.717) is 13.1 Å². The lowest BCUT2D eigenvalue weighted by Gasteiger charge is -2.13. The maximum atomic E-state index is 9.87. The molecule has 1 atom stereocenters. The van der Waals surface area contributed by atoms with Crippen LogP contribution in [0.4, 0.5) is 0 Å². The van der Waals surface area contributed by atoms with E-state index in [9.17, 15) is 5.11 Å². The Morgan fingerprint density at radius 3 is 2.95 bits per heavy atom. The normalized spacial score (nSPS) is 12.3. The molecule has 108 valence electrons. The minimum Gasteiger partial charge on any atom is -0.491 e. The average Bonchev–Trinajstić information content (AvgIpc) is 2.82. The van der Waals surface area contributed by atoms with Crippen molar-refractivity contribution in [3.8, 4) is 5.75 Å². The predicted molar refractivity (Wildman–Crippen MR) is 77.6 cm³/mol. The Kier molecular flexibility index (Phi) is 5.15. The monoisotopic (exact) mass is 275 g/mol. The lowest BCUT2D eigenvalue weighted by molar-refractivity contribution is 0.106. The molecule has 1 unspecified atom stereocenters. The van der Waals surface area contributed by atoms with Gasteiger partial charge >= 0.3 is 0 Å². The quantitative estimate of drug-likeness (QED) is 0.798. The second kappa shape index (κ2) is 7.07. The number of nitrogens with zero attached hydrogens (tertiary/aromatic N) is 2. The summed E-state index contributed by atoms with van der Waals surface area (Å²) in [5.74, 6) is 0.788. The van der Waals surface area contributed by atoms with Crippen LogP contribution < -0.4 is 10.1 Å². The first kappa shape index (κ1) is 14.6. The third-order valence-electron chi connectivity index (χ3n) is 3.04. The lowest BCUT2D eigenvalue weighted by atomic mass is 10.2. The number of aliphatic hydroxyl groups excluding tert-OH is 1. The van der Waals surface area contributed by atoms with Crippen molar-refractivity contribution in [2.45, 2.75) is 19.6 Å². The summed E-state index contributed by atoms with van der Waals surface area (Å²) in [6.07, 6.45) is 1.22. The second-order valence-electron chi connectivity index (χ2n) is 4.86. The second-order valence-corrected chi connectivity index (χ2v) is 4.86. The van der Waals surface area contributed by atoms with Crippen LogP contribution in [0, 0.1) is 6.92 Å². The van der Waals surface area contributed by atoms with Gasteiger partial charge in [0.15, 0.2) is 0 Å². The fraction of sp³-hybridized carbons (Fsp3) is 0.400. The minimum absolute atomic E-state index is 0.280. The smallest absolute Gasteiger partial charge is 0.119 e. The molecule has 0 aliphatic rings. The number of rotatable bonds is 7. The maximum Gasteiger partial charge on any atom is 0.119 e. The van der Waals surface area contributed by atoms with E-state index in [4.69, 9.17) is 4.74 Å². The van der Waals surface area contributed by atoms with Gasteiger partial charge in [-0.2, -0.15) is 5.10 Å². The van der Waals surface area contributed by atoms with E-state index >= 15 is 0 Å². The highest BCUT2D eigenvalue weighted by Crippen LogP contribution is 2.12. The van der Waals surface area contributed by atoms with Crippen LogP contribution >= 0.6 is 0 Å². The van der Waals surface area contributed by atoms with E-state index in [-0.39, 0.29) is 6.61 Å². The van der Waals surface area contributed by atoms with Crippen LogP contribution in [0.3, 0.4) is 0 Å². The number of aromatic nitrogens is 2. The molecule has 1 heterocycles. The molecular formula is C15H21N3O2. The largest absolute Gasteiger partial charge is 0.491 e. The third kappa shape index (κ3) is 4.36. The average molecular weight is 275 g/mol. The van der Waals surface area contributed by atoms with Crippen molar-refractivity contribution < 1.29 is 9.84 Å². The molecular weight excluding hydrogens is 254 g/mol. The van der Waals surface area contributed by atoms with E-state index in [0.717, 1.165) is 17.0 Å². The molecule has 2 aromatic rings. The molecule has 0 fully saturated rings. The van der Waals surface area contributed by atoms with Gasteiger partial charge in [0.25, 0.3) is 0 Å². The van der Waals surface area contributed by atoms with Crippen LogP contribution in [0.15, 0.2) is 36.5 Å². The van der Waals surface area contributed by atoms with Gasteiger partial charge in [-0.1, -0.05) is 12.1 Å². The third-order valence-corrected chi connectivity index (χ3v) is 3.04. The van der Waals surface area contributed by atoms with Gasteiger partial charge in [-0.25, -0.2) is 0 Å². The summed E-state index contributed by atoms with van der Waals surface area (Å²) in [4.78, 5) is 0. The van der Waals surface area contributed by atoms with Gasteiger partial charge in [0.05, 0.1) is 5.69 Å². The highest BCUT2D eigenvalue weighted by molar-refractivity contribution is 5.27. The van der Waals surface area contributed by atoms with Crippen LogP contribution in [0.1, 0.15) is 11.3 Å². The minimum atomic E-state index is -0.538. The van der Waals surface area contributed by atoms with Crippen molar-refractivity contribution in [2.75, 3.05) is 13.2 Å². The predicted octanol–water partition coefficient (Wildman–Crippen LogP) is 1.26. The Bertz CT molecular complexity index is 539. The Balaban J connectivity index is 1.68. The number of hydrogen-bond acceptors (Lipinski definition) is 4. The van der Waals surface area contributed by atoms with E-state index < -0.39 is 6.10 Å². The first-order valence-electron chi connectivity index (χ1n) is 6.70. The van der Waals surface area contributed by atoms with Gasteiger partial charge in [0.1, 0.15) is 18.5 Å². The van der Waals surface area contributed by atoms with Crippen molar-refractivity contribution in [1.82, 2.24) is 15.1 Å². The molecule has 0 spiro atoms. The van der Waals surface area contributed by atoms with Crippen LogP contribution in [-0.2, 0) is 13.6 Å². The molecule has 1 aromatic heterocycles. The van der Waals surface area contributed by atoms with Crippen LogP contribution in [-0.4, -0.2) is 34.1 Å². The molecule has 0 amide bonds. The molecule has 0 saturated carbocycles. The van der Waals surface area contributed by atoms with E-state index in [1.54, 1.807) is 6.20 Å². The number of aliphatic hydroxyl groups is 1. The summed E-state index contributed by atoms with van der Waals surface area (Å²) in [7, 11) is 1.90. The molecule has 2 N–H and O–H groups in total.